The number of hydrogen-bond acceptors (Lipinski definition) is 3. The number of benzene rings is 3. The quantitative estimate of drug-likeness (QED) is 0.437. The van der Waals surface area contributed by atoms with E-state index in [9.17, 15) is 18.7 Å². The van der Waals surface area contributed by atoms with Crippen LogP contribution in [0.2, 0.25) is 10.0 Å². The summed E-state index contributed by atoms with van der Waals surface area (Å²) < 4.78 is 27.9. The monoisotopic (exact) mass is 420 g/mol. The van der Waals surface area contributed by atoms with E-state index >= 15 is 0 Å². The molecule has 3 aromatic carbocycles. The Morgan fingerprint density at radius 3 is 2.29 bits per heavy atom. The lowest BCUT2D eigenvalue weighted by molar-refractivity contribution is 0.0948. The molecule has 3 aromatic rings. The first-order chi connectivity index (χ1) is 13.4. The van der Waals surface area contributed by atoms with Crippen molar-refractivity contribution in [3.05, 3.63) is 87.4 Å². The molecule has 0 saturated carbocycles. The number of nitrogens with zero attached hydrogens (tertiary/aromatic N) is 1. The van der Waals surface area contributed by atoms with Gasteiger partial charge in [0.25, 0.3) is 5.91 Å². The maximum Gasteiger partial charge on any atom is 0.278 e. The Hall–Kier alpha value is -2.96. The third kappa shape index (κ3) is 4.13. The molecule has 0 aliphatic carbocycles. The van der Waals surface area contributed by atoms with Gasteiger partial charge in [-0.3, -0.25) is 4.79 Å². The number of phenols is 1. The van der Waals surface area contributed by atoms with Crippen molar-refractivity contribution in [1.29, 1.82) is 0 Å². The van der Waals surface area contributed by atoms with Gasteiger partial charge in [-0.15, -0.1) is 0 Å². The number of carbonyl (C=O) groups excluding carboxylic acids is 1. The molecule has 28 heavy (non-hydrogen) atoms. The predicted molar refractivity (Wildman–Crippen MR) is 105 cm³/mol. The Morgan fingerprint density at radius 1 is 1.00 bits per heavy atom. The van der Waals surface area contributed by atoms with Crippen LogP contribution in [-0.4, -0.2) is 17.2 Å². The minimum absolute atomic E-state index is 0.0288. The summed E-state index contributed by atoms with van der Waals surface area (Å²) in [6, 6.07) is 12.4. The number of phenolic OH excluding ortho intramolecular Hbond substituents is 1. The summed E-state index contributed by atoms with van der Waals surface area (Å²) in [6.45, 7) is 0. The lowest BCUT2D eigenvalue weighted by Crippen LogP contribution is -2.19. The highest BCUT2D eigenvalue weighted by molar-refractivity contribution is 6.38. The molecule has 0 spiro atoms. The van der Waals surface area contributed by atoms with Crippen LogP contribution >= 0.6 is 23.2 Å². The van der Waals surface area contributed by atoms with Crippen LogP contribution in [-0.2, 0) is 0 Å². The second-order valence-electron chi connectivity index (χ2n) is 5.66. The lowest BCUT2D eigenvalue weighted by Gasteiger charge is -2.10. The topological polar surface area (TPSA) is 61.7 Å². The van der Waals surface area contributed by atoms with E-state index in [2.05, 4.69) is 10.5 Å². The van der Waals surface area contributed by atoms with Crippen molar-refractivity contribution in [2.75, 3.05) is 0 Å². The second kappa shape index (κ2) is 8.37. The number of hydrazone groups is 1. The summed E-state index contributed by atoms with van der Waals surface area (Å²) in [7, 11) is 0. The van der Waals surface area contributed by atoms with Gasteiger partial charge < -0.3 is 5.11 Å². The van der Waals surface area contributed by atoms with Gasteiger partial charge >= 0.3 is 0 Å². The summed E-state index contributed by atoms with van der Waals surface area (Å²) in [5.41, 5.74) is 2.28. The van der Waals surface area contributed by atoms with Crippen LogP contribution in [0.3, 0.4) is 0 Å². The number of rotatable bonds is 4. The first-order valence-corrected chi connectivity index (χ1v) is 8.69. The Labute approximate surface area is 169 Å². The van der Waals surface area contributed by atoms with E-state index < -0.39 is 28.9 Å². The summed E-state index contributed by atoms with van der Waals surface area (Å²) >= 11 is 12.0. The standard InChI is InChI=1S/C20H12Cl2F2N2O2/c21-15-2-1-3-16(22)14(15)10-25-26-20(28)18-17(27)9-8-13(19(18)24)11-4-6-12(23)7-5-11/h1-10,27H,(H,26,28)/b25-10+. The number of nitrogens with one attached hydrogen (secondary N) is 1. The molecular formula is C20H12Cl2F2N2O2. The summed E-state index contributed by atoms with van der Waals surface area (Å²) in [4.78, 5) is 12.3. The van der Waals surface area contributed by atoms with Gasteiger partial charge in [0, 0.05) is 11.1 Å². The van der Waals surface area contributed by atoms with Crippen LogP contribution in [0.4, 0.5) is 8.78 Å². The molecule has 0 unspecified atom stereocenters. The van der Waals surface area contributed by atoms with Crippen LogP contribution in [0.15, 0.2) is 59.7 Å². The first-order valence-electron chi connectivity index (χ1n) is 7.93. The average Bonchev–Trinajstić information content (AvgIpc) is 2.65. The van der Waals surface area contributed by atoms with Gasteiger partial charge in [0.15, 0.2) is 0 Å². The van der Waals surface area contributed by atoms with Crippen molar-refractivity contribution in [1.82, 2.24) is 5.43 Å². The van der Waals surface area contributed by atoms with Gasteiger partial charge in [-0.1, -0.05) is 41.4 Å². The molecule has 3 rings (SSSR count). The van der Waals surface area contributed by atoms with Crippen molar-refractivity contribution in [3.63, 3.8) is 0 Å². The molecular weight excluding hydrogens is 409 g/mol. The molecule has 0 fully saturated rings. The number of amides is 1. The molecule has 0 heterocycles. The van der Waals surface area contributed by atoms with E-state index in [1.165, 1.54) is 42.6 Å². The average molecular weight is 421 g/mol. The van der Waals surface area contributed by atoms with Crippen LogP contribution < -0.4 is 5.43 Å². The minimum atomic E-state index is -0.974. The molecule has 1 amide bonds. The van der Waals surface area contributed by atoms with Gasteiger partial charge in [0.05, 0.1) is 16.3 Å². The number of carbonyl (C=O) groups is 1. The minimum Gasteiger partial charge on any atom is -0.507 e. The zero-order valence-corrected chi connectivity index (χ0v) is 15.6. The fourth-order valence-electron chi connectivity index (χ4n) is 2.48. The predicted octanol–water partition coefficient (Wildman–Crippen LogP) is 5.41. The summed E-state index contributed by atoms with van der Waals surface area (Å²) in [5, 5.41) is 14.3. The first kappa shape index (κ1) is 19.8. The maximum atomic E-state index is 14.8. The van der Waals surface area contributed by atoms with Gasteiger partial charge in [-0.05, 0) is 42.0 Å². The van der Waals surface area contributed by atoms with E-state index in [1.807, 2.05) is 0 Å². The Morgan fingerprint density at radius 2 is 1.64 bits per heavy atom. The van der Waals surface area contributed by atoms with Gasteiger partial charge in [0.2, 0.25) is 0 Å². The smallest absolute Gasteiger partial charge is 0.278 e. The molecule has 0 aliphatic heterocycles. The van der Waals surface area contributed by atoms with Crippen molar-refractivity contribution < 1.29 is 18.7 Å². The Kier molecular flexibility index (Phi) is 5.92. The molecule has 0 aromatic heterocycles. The fraction of sp³-hybridized carbons (Fsp3) is 0. The number of hydrogen-bond donors (Lipinski definition) is 2. The largest absolute Gasteiger partial charge is 0.507 e. The zero-order chi connectivity index (χ0) is 20.3. The van der Waals surface area contributed by atoms with Gasteiger partial charge in [0.1, 0.15) is 22.9 Å². The zero-order valence-electron chi connectivity index (χ0n) is 14.1. The van der Waals surface area contributed by atoms with E-state index in [1.54, 1.807) is 18.2 Å². The highest BCUT2D eigenvalue weighted by atomic mass is 35.5. The molecule has 0 saturated heterocycles. The third-order valence-corrected chi connectivity index (χ3v) is 4.52. The molecule has 0 atom stereocenters. The van der Waals surface area contributed by atoms with Crippen LogP contribution in [0.5, 0.6) is 5.75 Å². The van der Waals surface area contributed by atoms with E-state index in [-0.39, 0.29) is 5.56 Å². The highest BCUT2D eigenvalue weighted by Crippen LogP contribution is 2.30. The molecule has 4 nitrogen and oxygen atoms in total. The van der Waals surface area contributed by atoms with Crippen LogP contribution in [0.1, 0.15) is 15.9 Å². The van der Waals surface area contributed by atoms with Crippen molar-refractivity contribution in [2.45, 2.75) is 0 Å². The Bertz CT molecular complexity index is 1050. The summed E-state index contributed by atoms with van der Waals surface area (Å²) in [5.74, 6) is -2.98. The maximum absolute atomic E-state index is 14.8. The van der Waals surface area contributed by atoms with E-state index in [4.69, 9.17) is 23.2 Å². The highest BCUT2D eigenvalue weighted by Gasteiger charge is 2.20. The Balaban J connectivity index is 1.88. The molecule has 0 radical (unpaired) electrons. The third-order valence-electron chi connectivity index (χ3n) is 3.86. The molecule has 2 N–H and O–H groups in total. The van der Waals surface area contributed by atoms with Gasteiger partial charge in [-0.25, -0.2) is 14.2 Å². The van der Waals surface area contributed by atoms with E-state index in [0.29, 0.717) is 21.2 Å². The van der Waals surface area contributed by atoms with Crippen molar-refractivity contribution in [3.8, 4) is 16.9 Å². The number of aromatic hydroxyl groups is 1. The lowest BCUT2D eigenvalue weighted by atomic mass is 10.0. The van der Waals surface area contributed by atoms with Crippen LogP contribution in [0, 0.1) is 11.6 Å². The number of halogens is 4. The molecule has 8 heteroatoms. The van der Waals surface area contributed by atoms with E-state index in [0.717, 1.165) is 0 Å². The summed E-state index contributed by atoms with van der Waals surface area (Å²) in [6.07, 6.45) is 1.21. The van der Waals surface area contributed by atoms with Gasteiger partial charge in [-0.2, -0.15) is 5.10 Å². The van der Waals surface area contributed by atoms with Crippen molar-refractivity contribution in [2.24, 2.45) is 5.10 Å². The molecule has 0 bridgehead atoms. The second-order valence-corrected chi connectivity index (χ2v) is 6.48. The molecule has 0 aliphatic rings. The van der Waals surface area contributed by atoms with Crippen LogP contribution in [0.25, 0.3) is 11.1 Å². The molecule has 142 valence electrons. The SMILES string of the molecule is O=C(N/N=C/c1c(Cl)cccc1Cl)c1c(O)ccc(-c2ccc(F)cc2)c1F. The fourth-order valence-corrected chi connectivity index (χ4v) is 2.97. The van der Waals surface area contributed by atoms with Crippen molar-refractivity contribution >= 4 is 35.3 Å². The normalized spacial score (nSPS) is 11.0.